The molecule has 0 amide bonds. The molecule has 1 fully saturated rings. The van der Waals surface area contributed by atoms with Crippen molar-refractivity contribution in [2.24, 2.45) is 0 Å². The zero-order valence-electron chi connectivity index (χ0n) is 9.03. The van der Waals surface area contributed by atoms with Gasteiger partial charge in [0.2, 0.25) is 0 Å². The summed E-state index contributed by atoms with van der Waals surface area (Å²) in [6.45, 7) is 2.70. The molecular weight excluding hydrogens is 188 g/mol. The molecule has 0 bridgehead atoms. The first-order valence-corrected chi connectivity index (χ1v) is 5.51. The molecule has 2 rings (SSSR count). The largest absolute Gasteiger partial charge is 0.373 e. The van der Waals surface area contributed by atoms with Crippen molar-refractivity contribution >= 4 is 5.78 Å². The Kier molecular flexibility index (Phi) is 3.17. The van der Waals surface area contributed by atoms with Gasteiger partial charge >= 0.3 is 0 Å². The van der Waals surface area contributed by atoms with Gasteiger partial charge in [0, 0.05) is 12.8 Å². The van der Waals surface area contributed by atoms with E-state index in [1.165, 1.54) is 5.56 Å². The van der Waals surface area contributed by atoms with Crippen molar-refractivity contribution in [3.05, 3.63) is 35.4 Å². The molecule has 0 aromatic heterocycles. The number of rotatable bonds is 2. The van der Waals surface area contributed by atoms with Crippen molar-refractivity contribution in [3.63, 3.8) is 0 Å². The molecule has 0 aliphatic carbocycles. The number of Topliss-reactive ketones (excluding diaryl/α,β-unsaturated/α-hetero) is 1. The minimum absolute atomic E-state index is 0.0160. The van der Waals surface area contributed by atoms with E-state index in [2.05, 4.69) is 19.1 Å². The van der Waals surface area contributed by atoms with E-state index in [-0.39, 0.29) is 6.10 Å². The summed E-state index contributed by atoms with van der Waals surface area (Å²) in [7, 11) is 0. The molecule has 0 saturated carbocycles. The molecule has 2 nitrogen and oxygen atoms in total. The Morgan fingerprint density at radius 1 is 1.47 bits per heavy atom. The summed E-state index contributed by atoms with van der Waals surface area (Å²) in [6.07, 6.45) is 2.11. The standard InChI is InChI=1S/C13H16O2/c1-2-10-4-3-5-11(8-10)13-9-12(14)6-7-15-13/h3-5,8,13H,2,6-7,9H2,1H3. The summed E-state index contributed by atoms with van der Waals surface area (Å²) < 4.78 is 5.61. The predicted octanol–water partition coefficient (Wildman–Crippen LogP) is 2.67. The summed E-state index contributed by atoms with van der Waals surface area (Å²) in [6, 6.07) is 8.33. The van der Waals surface area contributed by atoms with Gasteiger partial charge in [-0.3, -0.25) is 4.79 Å². The molecular formula is C13H16O2. The summed E-state index contributed by atoms with van der Waals surface area (Å²) in [5.41, 5.74) is 2.44. The van der Waals surface area contributed by atoms with Crippen LogP contribution in [0.3, 0.4) is 0 Å². The fraction of sp³-hybridized carbons (Fsp3) is 0.462. The molecule has 80 valence electrons. The van der Waals surface area contributed by atoms with Gasteiger partial charge in [0.15, 0.2) is 0 Å². The number of carbonyl (C=O) groups excluding carboxylic acids is 1. The van der Waals surface area contributed by atoms with Crippen molar-refractivity contribution in [2.75, 3.05) is 6.61 Å². The van der Waals surface area contributed by atoms with E-state index in [0.717, 1.165) is 12.0 Å². The van der Waals surface area contributed by atoms with Crippen LogP contribution < -0.4 is 0 Å². The molecule has 1 heterocycles. The van der Waals surface area contributed by atoms with Gasteiger partial charge in [-0.05, 0) is 17.5 Å². The van der Waals surface area contributed by atoms with Crippen LogP contribution in [0.5, 0.6) is 0 Å². The number of carbonyl (C=O) groups is 1. The molecule has 0 spiro atoms. The van der Waals surface area contributed by atoms with Gasteiger partial charge < -0.3 is 4.74 Å². The quantitative estimate of drug-likeness (QED) is 0.740. The molecule has 1 aliphatic heterocycles. The summed E-state index contributed by atoms with van der Waals surface area (Å²) >= 11 is 0. The molecule has 1 aromatic carbocycles. The number of hydrogen-bond acceptors (Lipinski definition) is 2. The summed E-state index contributed by atoms with van der Waals surface area (Å²) in [5.74, 6) is 0.313. The van der Waals surface area contributed by atoms with Crippen molar-refractivity contribution in [1.82, 2.24) is 0 Å². The topological polar surface area (TPSA) is 26.3 Å². The van der Waals surface area contributed by atoms with Crippen molar-refractivity contribution < 1.29 is 9.53 Å². The first kappa shape index (κ1) is 10.4. The van der Waals surface area contributed by atoms with E-state index in [4.69, 9.17) is 4.74 Å². The molecule has 1 aliphatic rings. The number of hydrogen-bond donors (Lipinski definition) is 0. The Labute approximate surface area is 90.3 Å². The zero-order chi connectivity index (χ0) is 10.7. The molecule has 0 N–H and O–H groups in total. The molecule has 1 saturated heterocycles. The highest BCUT2D eigenvalue weighted by molar-refractivity contribution is 5.79. The van der Waals surface area contributed by atoms with Crippen molar-refractivity contribution in [1.29, 1.82) is 0 Å². The second-order valence-corrected chi connectivity index (χ2v) is 3.95. The third-order valence-electron chi connectivity index (χ3n) is 2.84. The Hall–Kier alpha value is -1.15. The number of ether oxygens (including phenoxy) is 1. The van der Waals surface area contributed by atoms with E-state index in [1.807, 2.05) is 12.1 Å². The Balaban J connectivity index is 2.17. The molecule has 15 heavy (non-hydrogen) atoms. The van der Waals surface area contributed by atoms with Crippen molar-refractivity contribution in [2.45, 2.75) is 32.3 Å². The predicted molar refractivity (Wildman–Crippen MR) is 58.8 cm³/mol. The monoisotopic (exact) mass is 204 g/mol. The average Bonchev–Trinajstić information content (AvgIpc) is 2.29. The lowest BCUT2D eigenvalue weighted by molar-refractivity contribution is -0.128. The Bertz CT molecular complexity index is 357. The number of benzene rings is 1. The lowest BCUT2D eigenvalue weighted by Gasteiger charge is -2.22. The van der Waals surface area contributed by atoms with Crippen LogP contribution in [0.4, 0.5) is 0 Å². The highest BCUT2D eigenvalue weighted by Crippen LogP contribution is 2.26. The van der Waals surface area contributed by atoms with Gasteiger partial charge in [-0.2, -0.15) is 0 Å². The van der Waals surface area contributed by atoms with Gasteiger partial charge in [-0.15, -0.1) is 0 Å². The van der Waals surface area contributed by atoms with Gasteiger partial charge in [0.25, 0.3) is 0 Å². The first-order chi connectivity index (χ1) is 7.29. The fourth-order valence-corrected chi connectivity index (χ4v) is 1.91. The highest BCUT2D eigenvalue weighted by atomic mass is 16.5. The SMILES string of the molecule is CCc1cccc(C2CC(=O)CCO2)c1. The minimum Gasteiger partial charge on any atom is -0.373 e. The lowest BCUT2D eigenvalue weighted by Crippen LogP contribution is -2.19. The lowest BCUT2D eigenvalue weighted by atomic mass is 9.98. The van der Waals surface area contributed by atoms with Gasteiger partial charge in [0.1, 0.15) is 5.78 Å². The fourth-order valence-electron chi connectivity index (χ4n) is 1.91. The van der Waals surface area contributed by atoms with Crippen LogP contribution in [0.15, 0.2) is 24.3 Å². The third kappa shape index (κ3) is 2.45. The minimum atomic E-state index is -0.0160. The summed E-state index contributed by atoms with van der Waals surface area (Å²) in [4.78, 5) is 11.3. The average molecular weight is 204 g/mol. The zero-order valence-corrected chi connectivity index (χ0v) is 9.03. The van der Waals surface area contributed by atoms with E-state index < -0.39 is 0 Å². The first-order valence-electron chi connectivity index (χ1n) is 5.51. The van der Waals surface area contributed by atoms with Crippen LogP contribution in [0.1, 0.15) is 37.0 Å². The van der Waals surface area contributed by atoms with E-state index in [1.54, 1.807) is 0 Å². The van der Waals surface area contributed by atoms with Crippen LogP contribution in [-0.2, 0) is 16.0 Å². The van der Waals surface area contributed by atoms with Gasteiger partial charge in [0.05, 0.1) is 12.7 Å². The molecule has 0 radical (unpaired) electrons. The van der Waals surface area contributed by atoms with Crippen LogP contribution >= 0.6 is 0 Å². The van der Waals surface area contributed by atoms with Gasteiger partial charge in [-0.25, -0.2) is 0 Å². The molecule has 1 unspecified atom stereocenters. The normalized spacial score (nSPS) is 21.7. The Morgan fingerprint density at radius 3 is 3.07 bits per heavy atom. The Morgan fingerprint density at radius 2 is 2.33 bits per heavy atom. The molecule has 2 heteroatoms. The highest BCUT2D eigenvalue weighted by Gasteiger charge is 2.21. The second-order valence-electron chi connectivity index (χ2n) is 3.95. The van der Waals surface area contributed by atoms with Crippen LogP contribution in [-0.4, -0.2) is 12.4 Å². The van der Waals surface area contributed by atoms with E-state index in [9.17, 15) is 4.79 Å². The smallest absolute Gasteiger partial charge is 0.138 e. The van der Waals surface area contributed by atoms with Gasteiger partial charge in [-0.1, -0.05) is 31.2 Å². The maximum atomic E-state index is 11.3. The van der Waals surface area contributed by atoms with Crippen LogP contribution in [0, 0.1) is 0 Å². The number of ketones is 1. The van der Waals surface area contributed by atoms with E-state index in [0.29, 0.717) is 25.2 Å². The molecule has 1 aromatic rings. The number of aryl methyl sites for hydroxylation is 1. The van der Waals surface area contributed by atoms with Crippen LogP contribution in [0.25, 0.3) is 0 Å². The molecule has 1 atom stereocenters. The van der Waals surface area contributed by atoms with Crippen molar-refractivity contribution in [3.8, 4) is 0 Å². The third-order valence-corrected chi connectivity index (χ3v) is 2.84. The maximum Gasteiger partial charge on any atom is 0.138 e. The second kappa shape index (κ2) is 4.58. The maximum absolute atomic E-state index is 11.3. The summed E-state index contributed by atoms with van der Waals surface area (Å²) in [5, 5.41) is 0. The van der Waals surface area contributed by atoms with Crippen LogP contribution in [0.2, 0.25) is 0 Å². The van der Waals surface area contributed by atoms with E-state index >= 15 is 0 Å².